The summed E-state index contributed by atoms with van der Waals surface area (Å²) in [5, 5.41) is 34.2. The average Bonchev–Trinajstić information content (AvgIpc) is 2.81. The number of rotatable bonds is 15. The SMILES string of the molecule is CCC(C)C(NC(=O)C(N)Cc1ccc(O)cc1)C(=O)NC(CC(N)=O)C(=O)NC(CC(=O)O)C(=O)O. The minimum absolute atomic E-state index is 0.0440. The lowest BCUT2D eigenvalue weighted by atomic mass is 9.96. The van der Waals surface area contributed by atoms with Crippen LogP contribution in [0.2, 0.25) is 0 Å². The molecule has 0 saturated carbocycles. The number of aromatic hydroxyl groups is 1. The van der Waals surface area contributed by atoms with Gasteiger partial charge in [0.15, 0.2) is 0 Å². The minimum Gasteiger partial charge on any atom is -0.508 e. The topological polar surface area (TPSA) is 251 Å². The van der Waals surface area contributed by atoms with Crippen LogP contribution in [0.1, 0.15) is 38.7 Å². The summed E-state index contributed by atoms with van der Waals surface area (Å²) in [5.41, 5.74) is 11.8. The number of carbonyl (C=O) groups is 6. The first-order valence-electron chi connectivity index (χ1n) is 11.4. The molecular formula is C23H33N5O9. The van der Waals surface area contributed by atoms with Crippen LogP contribution in [-0.4, -0.2) is 75.1 Å². The number of carboxylic acids is 2. The van der Waals surface area contributed by atoms with Crippen molar-refractivity contribution in [3.05, 3.63) is 29.8 Å². The van der Waals surface area contributed by atoms with Crippen molar-refractivity contribution in [2.75, 3.05) is 0 Å². The van der Waals surface area contributed by atoms with E-state index in [0.29, 0.717) is 12.0 Å². The Morgan fingerprint density at radius 3 is 1.92 bits per heavy atom. The molecule has 10 N–H and O–H groups in total. The summed E-state index contributed by atoms with van der Waals surface area (Å²) in [6, 6.07) is 0.360. The van der Waals surface area contributed by atoms with Gasteiger partial charge in [-0.15, -0.1) is 0 Å². The van der Waals surface area contributed by atoms with E-state index in [1.54, 1.807) is 26.0 Å². The molecule has 5 atom stereocenters. The summed E-state index contributed by atoms with van der Waals surface area (Å²) in [4.78, 5) is 72.1. The van der Waals surface area contributed by atoms with Crippen LogP contribution >= 0.6 is 0 Å². The molecule has 5 unspecified atom stereocenters. The Hall–Kier alpha value is -4.20. The zero-order chi connectivity index (χ0) is 28.3. The second kappa shape index (κ2) is 14.4. The molecule has 14 heteroatoms. The molecule has 0 fully saturated rings. The first-order chi connectivity index (χ1) is 17.2. The summed E-state index contributed by atoms with van der Waals surface area (Å²) < 4.78 is 0. The van der Waals surface area contributed by atoms with Crippen molar-refractivity contribution in [2.24, 2.45) is 17.4 Å². The number of carboxylic acid groups (broad SMARTS) is 2. The molecule has 37 heavy (non-hydrogen) atoms. The van der Waals surface area contributed by atoms with Gasteiger partial charge in [-0.25, -0.2) is 4.79 Å². The first-order valence-corrected chi connectivity index (χ1v) is 11.4. The van der Waals surface area contributed by atoms with Crippen molar-refractivity contribution in [2.45, 2.75) is 63.7 Å². The number of hydrogen-bond acceptors (Lipinski definition) is 8. The fraction of sp³-hybridized carbons (Fsp3) is 0.478. The van der Waals surface area contributed by atoms with Gasteiger partial charge in [0, 0.05) is 0 Å². The summed E-state index contributed by atoms with van der Waals surface area (Å²) in [6.45, 7) is 3.41. The quantitative estimate of drug-likeness (QED) is 0.128. The van der Waals surface area contributed by atoms with Gasteiger partial charge in [0.05, 0.1) is 18.9 Å². The molecule has 0 aliphatic carbocycles. The molecule has 0 aliphatic heterocycles. The molecule has 1 aromatic carbocycles. The van der Waals surface area contributed by atoms with E-state index >= 15 is 0 Å². The van der Waals surface area contributed by atoms with Crippen LogP contribution in [0.4, 0.5) is 0 Å². The van der Waals surface area contributed by atoms with Crippen LogP contribution in [-0.2, 0) is 35.2 Å². The molecule has 204 valence electrons. The maximum atomic E-state index is 13.1. The number of carbonyl (C=O) groups excluding carboxylic acids is 4. The molecule has 14 nitrogen and oxygen atoms in total. The Morgan fingerprint density at radius 1 is 0.865 bits per heavy atom. The molecule has 0 saturated heterocycles. The van der Waals surface area contributed by atoms with Gasteiger partial charge < -0.3 is 42.7 Å². The van der Waals surface area contributed by atoms with E-state index in [9.17, 15) is 33.9 Å². The molecule has 0 spiro atoms. The molecule has 0 bridgehead atoms. The normalized spacial score (nSPS) is 14.8. The summed E-state index contributed by atoms with van der Waals surface area (Å²) in [7, 11) is 0. The monoisotopic (exact) mass is 523 g/mol. The lowest BCUT2D eigenvalue weighted by molar-refractivity contribution is -0.147. The van der Waals surface area contributed by atoms with Crippen LogP contribution in [0.25, 0.3) is 0 Å². The van der Waals surface area contributed by atoms with Crippen molar-refractivity contribution in [3.8, 4) is 5.75 Å². The molecule has 0 aliphatic rings. The number of phenols is 1. The van der Waals surface area contributed by atoms with E-state index in [2.05, 4.69) is 10.6 Å². The van der Waals surface area contributed by atoms with E-state index in [4.69, 9.17) is 21.7 Å². The van der Waals surface area contributed by atoms with E-state index in [1.807, 2.05) is 5.32 Å². The number of hydrogen-bond donors (Lipinski definition) is 8. The van der Waals surface area contributed by atoms with Gasteiger partial charge in [-0.1, -0.05) is 32.4 Å². The highest BCUT2D eigenvalue weighted by atomic mass is 16.4. The molecule has 1 aromatic rings. The van der Waals surface area contributed by atoms with E-state index in [-0.39, 0.29) is 12.2 Å². The predicted octanol–water partition coefficient (Wildman–Crippen LogP) is -1.80. The summed E-state index contributed by atoms with van der Waals surface area (Å²) >= 11 is 0. The van der Waals surface area contributed by atoms with Crippen LogP contribution in [0.5, 0.6) is 5.75 Å². The number of nitrogens with two attached hydrogens (primary N) is 2. The third kappa shape index (κ3) is 10.5. The maximum absolute atomic E-state index is 13.1. The Bertz CT molecular complexity index is 999. The average molecular weight is 524 g/mol. The molecule has 0 radical (unpaired) electrons. The molecule has 4 amide bonds. The summed E-state index contributed by atoms with van der Waals surface area (Å²) in [6.07, 6.45) is -1.12. The zero-order valence-electron chi connectivity index (χ0n) is 20.5. The number of primary amides is 1. The van der Waals surface area contributed by atoms with Crippen molar-refractivity contribution in [1.29, 1.82) is 0 Å². The fourth-order valence-electron chi connectivity index (χ4n) is 3.26. The number of amides is 4. The third-order valence-corrected chi connectivity index (χ3v) is 5.55. The summed E-state index contributed by atoms with van der Waals surface area (Å²) in [5.74, 6) is -7.19. The zero-order valence-corrected chi connectivity index (χ0v) is 20.5. The molecule has 1 rings (SSSR count). The van der Waals surface area contributed by atoms with Gasteiger partial charge in [0.1, 0.15) is 23.9 Å². The van der Waals surface area contributed by atoms with Crippen molar-refractivity contribution >= 4 is 35.6 Å². The molecular weight excluding hydrogens is 490 g/mol. The van der Waals surface area contributed by atoms with Crippen LogP contribution < -0.4 is 27.4 Å². The van der Waals surface area contributed by atoms with E-state index in [0.717, 1.165) is 0 Å². The highest BCUT2D eigenvalue weighted by Gasteiger charge is 2.33. The fourth-order valence-corrected chi connectivity index (χ4v) is 3.26. The minimum atomic E-state index is -1.82. The Labute approximate surface area is 212 Å². The van der Waals surface area contributed by atoms with E-state index in [1.165, 1.54) is 12.1 Å². The lowest BCUT2D eigenvalue weighted by Crippen LogP contribution is -2.59. The number of benzene rings is 1. The van der Waals surface area contributed by atoms with Gasteiger partial charge in [-0.3, -0.25) is 24.0 Å². The van der Waals surface area contributed by atoms with Crippen LogP contribution in [0.3, 0.4) is 0 Å². The smallest absolute Gasteiger partial charge is 0.326 e. The second-order valence-electron chi connectivity index (χ2n) is 8.58. The Kier molecular flexibility index (Phi) is 12.0. The van der Waals surface area contributed by atoms with E-state index < -0.39 is 78.5 Å². The molecule has 0 aromatic heterocycles. The standard InChI is InChI=1S/C23H33N5O9/c1-3-11(2)19(28-20(33)14(24)8-12-4-6-13(29)7-5-12)22(35)26-15(9-17(25)30)21(34)27-16(23(36)37)10-18(31)32/h4-7,11,14-16,19,29H,3,8-10,24H2,1-2H3,(H2,25,30)(H,26,35)(H,27,34)(H,28,33)(H,31,32)(H,36,37). The highest BCUT2D eigenvalue weighted by molar-refractivity contribution is 5.96. The Morgan fingerprint density at radius 2 is 1.43 bits per heavy atom. The van der Waals surface area contributed by atoms with Gasteiger partial charge in [-0.2, -0.15) is 0 Å². The van der Waals surface area contributed by atoms with Crippen molar-refractivity contribution < 1.29 is 44.1 Å². The van der Waals surface area contributed by atoms with Gasteiger partial charge in [0.2, 0.25) is 23.6 Å². The highest BCUT2D eigenvalue weighted by Crippen LogP contribution is 2.13. The predicted molar refractivity (Wildman–Crippen MR) is 129 cm³/mol. The largest absolute Gasteiger partial charge is 0.508 e. The maximum Gasteiger partial charge on any atom is 0.326 e. The van der Waals surface area contributed by atoms with Crippen molar-refractivity contribution in [3.63, 3.8) is 0 Å². The van der Waals surface area contributed by atoms with Crippen LogP contribution in [0.15, 0.2) is 24.3 Å². The number of aliphatic carboxylic acids is 2. The van der Waals surface area contributed by atoms with Gasteiger partial charge >= 0.3 is 11.9 Å². The van der Waals surface area contributed by atoms with Gasteiger partial charge in [0.25, 0.3) is 0 Å². The lowest BCUT2D eigenvalue weighted by Gasteiger charge is -2.27. The third-order valence-electron chi connectivity index (χ3n) is 5.55. The van der Waals surface area contributed by atoms with Gasteiger partial charge in [-0.05, 0) is 30.0 Å². The van der Waals surface area contributed by atoms with Crippen molar-refractivity contribution in [1.82, 2.24) is 16.0 Å². The second-order valence-corrected chi connectivity index (χ2v) is 8.58. The van der Waals surface area contributed by atoms with Crippen LogP contribution in [0, 0.1) is 5.92 Å². The molecule has 0 heterocycles. The number of phenolic OH excluding ortho intramolecular Hbond substituents is 1. The Balaban J connectivity index is 3.01. The first kappa shape index (κ1) is 30.8. The number of nitrogens with one attached hydrogen (secondary N) is 3.